The Kier molecular flexibility index (Phi) is 4.00. The predicted molar refractivity (Wildman–Crippen MR) is 65.2 cm³/mol. The van der Waals surface area contributed by atoms with E-state index in [-0.39, 0.29) is 29.2 Å². The first-order valence-corrected chi connectivity index (χ1v) is 5.86. The summed E-state index contributed by atoms with van der Waals surface area (Å²) in [6.45, 7) is 1.14. The topological polar surface area (TPSA) is 82.9 Å². The van der Waals surface area contributed by atoms with E-state index in [9.17, 15) is 9.90 Å². The maximum Gasteiger partial charge on any atom is 0.339 e. The lowest BCUT2D eigenvalue weighted by Crippen LogP contribution is -2.48. The number of ether oxygens (including phenoxy) is 1. The van der Waals surface area contributed by atoms with Crippen LogP contribution in [0.2, 0.25) is 5.15 Å². The minimum absolute atomic E-state index is 0.0692. The van der Waals surface area contributed by atoms with Gasteiger partial charge in [-0.3, -0.25) is 0 Å². The summed E-state index contributed by atoms with van der Waals surface area (Å²) in [6, 6.07) is 2.54. The summed E-state index contributed by atoms with van der Waals surface area (Å²) < 4.78 is 5.25. The van der Waals surface area contributed by atoms with E-state index in [2.05, 4.69) is 4.98 Å². The molecule has 7 heteroatoms. The maximum absolute atomic E-state index is 11.2. The minimum atomic E-state index is -1.07. The number of nitrogens with zero attached hydrogens (tertiary/aromatic N) is 2. The number of carboxylic acids is 1. The van der Waals surface area contributed by atoms with Gasteiger partial charge in [0.1, 0.15) is 16.5 Å². The molecule has 6 nitrogen and oxygen atoms in total. The number of aliphatic hydroxyl groups is 1. The van der Waals surface area contributed by atoms with Gasteiger partial charge in [0.2, 0.25) is 0 Å². The SMILES string of the molecule is O=C(O)c1ccc(Cl)nc1N1CCOCC1CO. The van der Waals surface area contributed by atoms with E-state index in [1.165, 1.54) is 12.1 Å². The lowest BCUT2D eigenvalue weighted by molar-refractivity contribution is 0.0674. The van der Waals surface area contributed by atoms with E-state index in [1.54, 1.807) is 4.90 Å². The normalized spacial score (nSPS) is 19.9. The Bertz CT molecular complexity index is 455. The second kappa shape index (κ2) is 5.51. The standard InChI is InChI=1S/C11H13ClN2O4/c12-9-2-1-8(11(16)17)10(13-9)14-3-4-18-6-7(14)5-15/h1-2,7,15H,3-6H2,(H,16,17). The molecule has 0 saturated carbocycles. The Morgan fingerprint density at radius 3 is 3.06 bits per heavy atom. The van der Waals surface area contributed by atoms with Gasteiger partial charge in [-0.2, -0.15) is 0 Å². The van der Waals surface area contributed by atoms with Crippen LogP contribution in [0.1, 0.15) is 10.4 Å². The molecule has 1 saturated heterocycles. The highest BCUT2D eigenvalue weighted by Gasteiger charge is 2.27. The van der Waals surface area contributed by atoms with E-state index in [1.807, 2.05) is 0 Å². The molecular formula is C11H13ClN2O4. The number of aliphatic hydroxyl groups excluding tert-OH is 1. The van der Waals surface area contributed by atoms with E-state index in [4.69, 9.17) is 21.4 Å². The summed E-state index contributed by atoms with van der Waals surface area (Å²) in [4.78, 5) is 16.9. The van der Waals surface area contributed by atoms with Gasteiger partial charge in [0.05, 0.1) is 25.9 Å². The molecule has 2 heterocycles. The van der Waals surface area contributed by atoms with Gasteiger partial charge in [0.15, 0.2) is 0 Å². The number of anilines is 1. The molecule has 0 radical (unpaired) electrons. The lowest BCUT2D eigenvalue weighted by atomic mass is 10.2. The largest absolute Gasteiger partial charge is 0.478 e. The van der Waals surface area contributed by atoms with Crippen LogP contribution in [-0.4, -0.2) is 53.6 Å². The highest BCUT2D eigenvalue weighted by molar-refractivity contribution is 6.29. The number of carbonyl (C=O) groups is 1. The molecule has 1 atom stereocenters. The molecule has 1 aromatic heterocycles. The predicted octanol–water partition coefficient (Wildman–Crippen LogP) is 0.631. The highest BCUT2D eigenvalue weighted by Crippen LogP contribution is 2.24. The second-order valence-corrected chi connectivity index (χ2v) is 4.30. The van der Waals surface area contributed by atoms with Crippen molar-refractivity contribution < 1.29 is 19.7 Å². The first-order valence-electron chi connectivity index (χ1n) is 5.48. The van der Waals surface area contributed by atoms with Crippen molar-refractivity contribution >= 4 is 23.4 Å². The van der Waals surface area contributed by atoms with Gasteiger partial charge < -0.3 is 19.8 Å². The number of morpholine rings is 1. The summed E-state index contributed by atoms with van der Waals surface area (Å²) in [6.07, 6.45) is 0. The summed E-state index contributed by atoms with van der Waals surface area (Å²) in [5.74, 6) is -0.797. The fraction of sp³-hybridized carbons (Fsp3) is 0.455. The smallest absolute Gasteiger partial charge is 0.339 e. The Labute approximate surface area is 109 Å². The van der Waals surface area contributed by atoms with Gasteiger partial charge in [0, 0.05) is 6.54 Å². The summed E-state index contributed by atoms with van der Waals surface area (Å²) in [7, 11) is 0. The summed E-state index contributed by atoms with van der Waals surface area (Å²) in [5, 5.41) is 18.7. The molecule has 1 unspecified atom stereocenters. The van der Waals surface area contributed by atoms with Crippen LogP contribution < -0.4 is 4.90 Å². The lowest BCUT2D eigenvalue weighted by Gasteiger charge is -2.36. The number of hydrogen-bond donors (Lipinski definition) is 2. The molecule has 98 valence electrons. The van der Waals surface area contributed by atoms with Crippen LogP contribution in [0.25, 0.3) is 0 Å². The molecule has 0 bridgehead atoms. The molecular weight excluding hydrogens is 260 g/mol. The zero-order chi connectivity index (χ0) is 13.1. The van der Waals surface area contributed by atoms with Crippen molar-refractivity contribution in [1.29, 1.82) is 0 Å². The van der Waals surface area contributed by atoms with Crippen LogP contribution in [0.5, 0.6) is 0 Å². The first-order chi connectivity index (χ1) is 8.63. The van der Waals surface area contributed by atoms with Crippen molar-refractivity contribution in [3.05, 3.63) is 22.8 Å². The quantitative estimate of drug-likeness (QED) is 0.786. The molecule has 0 aliphatic carbocycles. The van der Waals surface area contributed by atoms with E-state index >= 15 is 0 Å². The number of halogens is 1. The van der Waals surface area contributed by atoms with Gasteiger partial charge in [-0.25, -0.2) is 9.78 Å². The first kappa shape index (κ1) is 13.1. The molecule has 18 heavy (non-hydrogen) atoms. The summed E-state index contributed by atoms with van der Waals surface area (Å²) in [5.41, 5.74) is 0.0692. The maximum atomic E-state index is 11.2. The third-order valence-electron chi connectivity index (χ3n) is 2.78. The average Bonchev–Trinajstić information content (AvgIpc) is 2.38. The molecule has 0 aromatic carbocycles. The number of rotatable bonds is 3. The Hall–Kier alpha value is -1.37. The third kappa shape index (κ3) is 2.55. The molecule has 1 aliphatic rings. The van der Waals surface area contributed by atoms with Crippen LogP contribution in [0, 0.1) is 0 Å². The zero-order valence-corrected chi connectivity index (χ0v) is 10.3. The van der Waals surface area contributed by atoms with Crippen LogP contribution in [-0.2, 0) is 4.74 Å². The number of pyridine rings is 1. The Balaban J connectivity index is 2.41. The molecule has 1 aromatic rings. The van der Waals surface area contributed by atoms with Crippen molar-refractivity contribution in [2.75, 3.05) is 31.3 Å². The molecule has 0 spiro atoms. The second-order valence-electron chi connectivity index (χ2n) is 3.92. The van der Waals surface area contributed by atoms with Gasteiger partial charge in [0.25, 0.3) is 0 Å². The minimum Gasteiger partial charge on any atom is -0.478 e. The molecule has 0 amide bonds. The Morgan fingerprint density at radius 2 is 2.39 bits per heavy atom. The number of aromatic nitrogens is 1. The highest BCUT2D eigenvalue weighted by atomic mass is 35.5. The third-order valence-corrected chi connectivity index (χ3v) is 2.99. The zero-order valence-electron chi connectivity index (χ0n) is 9.54. The van der Waals surface area contributed by atoms with Crippen molar-refractivity contribution in [2.45, 2.75) is 6.04 Å². The fourth-order valence-corrected chi connectivity index (χ4v) is 2.04. The van der Waals surface area contributed by atoms with Crippen molar-refractivity contribution in [3.8, 4) is 0 Å². The van der Waals surface area contributed by atoms with Crippen LogP contribution in [0.3, 0.4) is 0 Å². The molecule has 2 N–H and O–H groups in total. The Morgan fingerprint density at radius 1 is 1.61 bits per heavy atom. The van der Waals surface area contributed by atoms with Gasteiger partial charge >= 0.3 is 5.97 Å². The van der Waals surface area contributed by atoms with Crippen LogP contribution in [0.4, 0.5) is 5.82 Å². The van der Waals surface area contributed by atoms with Crippen LogP contribution >= 0.6 is 11.6 Å². The van der Waals surface area contributed by atoms with Crippen molar-refractivity contribution in [2.24, 2.45) is 0 Å². The molecule has 1 fully saturated rings. The number of aromatic carboxylic acids is 1. The molecule has 2 rings (SSSR count). The van der Waals surface area contributed by atoms with Crippen LogP contribution in [0.15, 0.2) is 12.1 Å². The summed E-state index contributed by atoms with van der Waals surface area (Å²) >= 11 is 5.81. The van der Waals surface area contributed by atoms with Gasteiger partial charge in [-0.1, -0.05) is 11.6 Å². The fourth-order valence-electron chi connectivity index (χ4n) is 1.90. The van der Waals surface area contributed by atoms with E-state index in [0.717, 1.165) is 0 Å². The monoisotopic (exact) mass is 272 g/mol. The number of hydrogen-bond acceptors (Lipinski definition) is 5. The molecule has 1 aliphatic heterocycles. The van der Waals surface area contributed by atoms with E-state index in [0.29, 0.717) is 19.8 Å². The van der Waals surface area contributed by atoms with Gasteiger partial charge in [-0.05, 0) is 12.1 Å². The van der Waals surface area contributed by atoms with Crippen molar-refractivity contribution in [1.82, 2.24) is 4.98 Å². The van der Waals surface area contributed by atoms with E-state index < -0.39 is 5.97 Å². The number of carboxylic acid groups (broad SMARTS) is 1. The van der Waals surface area contributed by atoms with Crippen molar-refractivity contribution in [3.63, 3.8) is 0 Å². The van der Waals surface area contributed by atoms with Gasteiger partial charge in [-0.15, -0.1) is 0 Å². The average molecular weight is 273 g/mol.